The Morgan fingerprint density at radius 2 is 2.10 bits per heavy atom. The third-order valence-corrected chi connectivity index (χ3v) is 3.05. The summed E-state index contributed by atoms with van der Waals surface area (Å²) < 4.78 is 5.42. The van der Waals surface area contributed by atoms with Crippen molar-refractivity contribution in [1.82, 2.24) is 10.2 Å². The van der Waals surface area contributed by atoms with Gasteiger partial charge in [-0.1, -0.05) is 23.7 Å². The molecule has 2 N–H and O–H groups in total. The number of rotatable bonds is 7. The molecule has 2 unspecified atom stereocenters. The van der Waals surface area contributed by atoms with Gasteiger partial charge >= 0.3 is 0 Å². The quantitative estimate of drug-likeness (QED) is 0.793. The maximum Gasteiger partial charge on any atom is 0.238 e. The molecule has 0 saturated heterocycles. The van der Waals surface area contributed by atoms with Crippen molar-refractivity contribution in [3.05, 3.63) is 29.3 Å². The zero-order valence-electron chi connectivity index (χ0n) is 12.0. The molecule has 0 heterocycles. The highest BCUT2D eigenvalue weighted by atomic mass is 35.5. The average Bonchev–Trinajstić information content (AvgIpc) is 2.42. The van der Waals surface area contributed by atoms with Gasteiger partial charge in [0.2, 0.25) is 5.91 Å². The molecule has 1 aromatic rings. The lowest BCUT2D eigenvalue weighted by atomic mass is 10.2. The highest BCUT2D eigenvalue weighted by molar-refractivity contribution is 6.32. The van der Waals surface area contributed by atoms with Gasteiger partial charge in [-0.15, -0.1) is 0 Å². The summed E-state index contributed by atoms with van der Waals surface area (Å²) >= 11 is 5.94. The molecule has 0 saturated carbocycles. The molecule has 1 amide bonds. The SMILES string of the molecule is CC(NCC(O)COc1ccccc1Cl)C(=O)N(C)C. The summed E-state index contributed by atoms with van der Waals surface area (Å²) in [6.07, 6.45) is -0.719. The number of carbonyl (C=O) groups excluding carboxylic acids is 1. The van der Waals surface area contributed by atoms with Crippen LogP contribution in [0.5, 0.6) is 5.75 Å². The number of ether oxygens (including phenoxy) is 1. The van der Waals surface area contributed by atoms with Crippen LogP contribution in [0.3, 0.4) is 0 Å². The van der Waals surface area contributed by atoms with Crippen LogP contribution in [0.1, 0.15) is 6.92 Å². The molecule has 0 aliphatic rings. The van der Waals surface area contributed by atoms with Gasteiger partial charge in [-0.25, -0.2) is 0 Å². The molecule has 0 aromatic heterocycles. The number of aliphatic hydroxyl groups is 1. The first kappa shape index (κ1) is 16.8. The maximum absolute atomic E-state index is 11.6. The van der Waals surface area contributed by atoms with Crippen LogP contribution in [0.15, 0.2) is 24.3 Å². The third-order valence-electron chi connectivity index (χ3n) is 2.74. The van der Waals surface area contributed by atoms with Crippen LogP contribution >= 0.6 is 11.6 Å². The zero-order chi connectivity index (χ0) is 15.1. The van der Waals surface area contributed by atoms with Gasteiger partial charge < -0.3 is 20.1 Å². The second kappa shape index (κ2) is 8.09. The largest absolute Gasteiger partial charge is 0.489 e. The minimum atomic E-state index is -0.719. The third kappa shape index (κ3) is 5.36. The van der Waals surface area contributed by atoms with Crippen LogP contribution in [0, 0.1) is 0 Å². The van der Waals surface area contributed by atoms with Crippen LogP contribution in [0.25, 0.3) is 0 Å². The molecule has 1 aromatic carbocycles. The summed E-state index contributed by atoms with van der Waals surface area (Å²) in [4.78, 5) is 13.1. The number of carbonyl (C=O) groups is 1. The molecular formula is C14H21ClN2O3. The number of benzene rings is 1. The topological polar surface area (TPSA) is 61.8 Å². The van der Waals surface area contributed by atoms with Crippen LogP contribution in [0.2, 0.25) is 5.02 Å². The molecule has 0 aliphatic carbocycles. The van der Waals surface area contributed by atoms with E-state index >= 15 is 0 Å². The second-order valence-corrected chi connectivity index (χ2v) is 5.17. The Bertz CT molecular complexity index is 440. The number of amides is 1. The summed E-state index contributed by atoms with van der Waals surface area (Å²) in [5.74, 6) is 0.495. The van der Waals surface area contributed by atoms with Gasteiger partial charge in [-0.05, 0) is 19.1 Å². The molecule has 0 bridgehead atoms. The van der Waals surface area contributed by atoms with E-state index in [1.165, 1.54) is 4.90 Å². The zero-order valence-corrected chi connectivity index (χ0v) is 12.7. The monoisotopic (exact) mass is 300 g/mol. The van der Waals surface area contributed by atoms with Crippen LogP contribution in [0.4, 0.5) is 0 Å². The molecule has 0 radical (unpaired) electrons. The molecule has 6 heteroatoms. The predicted octanol–water partition coefficient (Wildman–Crippen LogP) is 1.15. The molecule has 0 aliphatic heterocycles. The molecule has 5 nitrogen and oxygen atoms in total. The van der Waals surface area contributed by atoms with E-state index in [1.807, 2.05) is 12.1 Å². The number of hydrogen-bond acceptors (Lipinski definition) is 4. The number of halogens is 1. The van der Waals surface area contributed by atoms with E-state index in [9.17, 15) is 9.90 Å². The molecule has 0 spiro atoms. The Morgan fingerprint density at radius 1 is 1.45 bits per heavy atom. The van der Waals surface area contributed by atoms with Crippen LogP contribution < -0.4 is 10.1 Å². The van der Waals surface area contributed by atoms with Crippen molar-refractivity contribution in [2.24, 2.45) is 0 Å². The summed E-state index contributed by atoms with van der Waals surface area (Å²) in [6, 6.07) is 6.73. The number of nitrogens with zero attached hydrogens (tertiary/aromatic N) is 1. The van der Waals surface area contributed by atoms with E-state index in [4.69, 9.17) is 16.3 Å². The Balaban J connectivity index is 2.32. The van der Waals surface area contributed by atoms with E-state index in [0.29, 0.717) is 10.8 Å². The van der Waals surface area contributed by atoms with Crippen molar-refractivity contribution in [1.29, 1.82) is 0 Å². The minimum absolute atomic E-state index is 0.0378. The van der Waals surface area contributed by atoms with Crippen molar-refractivity contribution >= 4 is 17.5 Å². The fourth-order valence-electron chi connectivity index (χ4n) is 1.59. The fourth-order valence-corrected chi connectivity index (χ4v) is 1.78. The lowest BCUT2D eigenvalue weighted by Crippen LogP contribution is -2.45. The van der Waals surface area contributed by atoms with Crippen molar-refractivity contribution in [2.75, 3.05) is 27.2 Å². The molecule has 1 rings (SSSR count). The molecule has 2 atom stereocenters. The van der Waals surface area contributed by atoms with Crippen molar-refractivity contribution in [3.8, 4) is 5.75 Å². The van der Waals surface area contributed by atoms with Crippen molar-refractivity contribution in [2.45, 2.75) is 19.1 Å². The highest BCUT2D eigenvalue weighted by Gasteiger charge is 2.16. The standard InChI is InChI=1S/C14H21ClN2O3/c1-10(14(19)17(2)3)16-8-11(18)9-20-13-7-5-4-6-12(13)15/h4-7,10-11,16,18H,8-9H2,1-3H3. The summed E-state index contributed by atoms with van der Waals surface area (Å²) in [5.41, 5.74) is 0. The second-order valence-electron chi connectivity index (χ2n) is 4.76. The minimum Gasteiger partial charge on any atom is -0.489 e. The maximum atomic E-state index is 11.6. The van der Waals surface area contributed by atoms with Crippen molar-refractivity contribution < 1.29 is 14.6 Å². The van der Waals surface area contributed by atoms with Gasteiger partial charge in [0.1, 0.15) is 18.5 Å². The lowest BCUT2D eigenvalue weighted by molar-refractivity contribution is -0.130. The van der Waals surface area contributed by atoms with Gasteiger partial charge in [-0.3, -0.25) is 4.79 Å². The number of para-hydroxylation sites is 1. The summed E-state index contributed by atoms with van der Waals surface area (Å²) in [7, 11) is 3.38. The molecule has 20 heavy (non-hydrogen) atoms. The Morgan fingerprint density at radius 3 is 2.70 bits per heavy atom. The van der Waals surface area contributed by atoms with Gasteiger partial charge in [-0.2, -0.15) is 0 Å². The van der Waals surface area contributed by atoms with E-state index in [2.05, 4.69) is 5.32 Å². The van der Waals surface area contributed by atoms with E-state index in [0.717, 1.165) is 0 Å². The predicted molar refractivity (Wildman–Crippen MR) is 79.1 cm³/mol. The first-order chi connectivity index (χ1) is 9.41. The van der Waals surface area contributed by atoms with Crippen molar-refractivity contribution in [3.63, 3.8) is 0 Å². The summed E-state index contributed by atoms with van der Waals surface area (Å²) in [5, 5.41) is 13.3. The van der Waals surface area contributed by atoms with E-state index in [1.54, 1.807) is 33.2 Å². The number of aliphatic hydroxyl groups excluding tert-OH is 1. The molecule has 112 valence electrons. The summed E-state index contributed by atoms with van der Waals surface area (Å²) in [6.45, 7) is 2.13. The van der Waals surface area contributed by atoms with Gasteiger partial charge in [0.15, 0.2) is 0 Å². The average molecular weight is 301 g/mol. The first-order valence-electron chi connectivity index (χ1n) is 6.41. The smallest absolute Gasteiger partial charge is 0.238 e. The number of likely N-dealkylation sites (N-methyl/N-ethyl adjacent to an activating group) is 1. The van der Waals surface area contributed by atoms with E-state index in [-0.39, 0.29) is 25.1 Å². The Hall–Kier alpha value is -1.30. The highest BCUT2D eigenvalue weighted by Crippen LogP contribution is 2.22. The van der Waals surface area contributed by atoms with Gasteiger partial charge in [0, 0.05) is 20.6 Å². The number of nitrogens with one attached hydrogen (secondary N) is 1. The fraction of sp³-hybridized carbons (Fsp3) is 0.500. The van der Waals surface area contributed by atoms with Crippen LogP contribution in [-0.2, 0) is 4.79 Å². The molecular weight excluding hydrogens is 280 g/mol. The van der Waals surface area contributed by atoms with Crippen LogP contribution in [-0.4, -0.2) is 55.3 Å². The van der Waals surface area contributed by atoms with E-state index < -0.39 is 6.10 Å². The lowest BCUT2D eigenvalue weighted by Gasteiger charge is -2.20. The van der Waals surface area contributed by atoms with Gasteiger partial charge in [0.05, 0.1) is 11.1 Å². The first-order valence-corrected chi connectivity index (χ1v) is 6.79. The Labute approximate surface area is 124 Å². The normalized spacial score (nSPS) is 13.7. The molecule has 0 fully saturated rings. The number of hydrogen-bond donors (Lipinski definition) is 2. The Kier molecular flexibility index (Phi) is 6.78. The van der Waals surface area contributed by atoms with Gasteiger partial charge in [0.25, 0.3) is 0 Å².